The predicted molar refractivity (Wildman–Crippen MR) is 48.7 cm³/mol. The summed E-state index contributed by atoms with van der Waals surface area (Å²) in [6.07, 6.45) is 3.96. The summed E-state index contributed by atoms with van der Waals surface area (Å²) in [7, 11) is 0. The highest BCUT2D eigenvalue weighted by Gasteiger charge is 2.15. The minimum absolute atomic E-state index is 0.281. The summed E-state index contributed by atoms with van der Waals surface area (Å²) in [5, 5.41) is 0. The van der Waals surface area contributed by atoms with Gasteiger partial charge in [0.1, 0.15) is 6.10 Å². The SMILES string of the molecule is c1ccc(OC2CCOCC2)nc1. The fourth-order valence-corrected chi connectivity index (χ4v) is 1.38. The molecule has 2 heterocycles. The summed E-state index contributed by atoms with van der Waals surface area (Å²) in [5.74, 6) is 0.717. The van der Waals surface area contributed by atoms with E-state index in [9.17, 15) is 0 Å². The molecule has 0 bridgehead atoms. The Balaban J connectivity index is 1.90. The standard InChI is InChI=1S/C10H13NO2/c1-2-6-11-10(3-1)13-9-4-7-12-8-5-9/h1-3,6,9H,4-5,7-8H2. The number of ether oxygens (including phenoxy) is 2. The largest absolute Gasteiger partial charge is 0.474 e. The van der Waals surface area contributed by atoms with Gasteiger partial charge in [-0.3, -0.25) is 0 Å². The van der Waals surface area contributed by atoms with Gasteiger partial charge >= 0.3 is 0 Å². The lowest BCUT2D eigenvalue weighted by atomic mass is 10.2. The first kappa shape index (κ1) is 8.51. The summed E-state index contributed by atoms with van der Waals surface area (Å²) in [4.78, 5) is 4.11. The van der Waals surface area contributed by atoms with Crippen molar-refractivity contribution >= 4 is 0 Å². The van der Waals surface area contributed by atoms with Crippen LogP contribution in [0.3, 0.4) is 0 Å². The second-order valence-electron chi connectivity index (χ2n) is 3.10. The van der Waals surface area contributed by atoms with Crippen molar-refractivity contribution in [3.05, 3.63) is 24.4 Å². The molecule has 0 atom stereocenters. The van der Waals surface area contributed by atoms with Gasteiger partial charge in [0.25, 0.3) is 0 Å². The van der Waals surface area contributed by atoms with E-state index in [4.69, 9.17) is 9.47 Å². The summed E-state index contributed by atoms with van der Waals surface area (Å²) in [6, 6.07) is 5.70. The zero-order valence-electron chi connectivity index (χ0n) is 7.48. The average Bonchev–Trinajstić information content (AvgIpc) is 2.21. The maximum atomic E-state index is 5.66. The van der Waals surface area contributed by atoms with E-state index in [0.29, 0.717) is 0 Å². The van der Waals surface area contributed by atoms with Gasteiger partial charge < -0.3 is 9.47 Å². The van der Waals surface area contributed by atoms with Crippen molar-refractivity contribution in [1.82, 2.24) is 4.98 Å². The van der Waals surface area contributed by atoms with Gasteiger partial charge in [-0.1, -0.05) is 6.07 Å². The fraction of sp³-hybridized carbons (Fsp3) is 0.500. The number of aromatic nitrogens is 1. The molecule has 1 aliphatic heterocycles. The fourth-order valence-electron chi connectivity index (χ4n) is 1.38. The first-order chi connectivity index (χ1) is 6.45. The van der Waals surface area contributed by atoms with Crippen molar-refractivity contribution in [3.8, 4) is 5.88 Å². The summed E-state index contributed by atoms with van der Waals surface area (Å²) < 4.78 is 10.9. The molecule has 3 heteroatoms. The topological polar surface area (TPSA) is 31.4 Å². The molecule has 0 aliphatic carbocycles. The molecule has 13 heavy (non-hydrogen) atoms. The Morgan fingerprint density at radius 1 is 1.31 bits per heavy atom. The van der Waals surface area contributed by atoms with Gasteiger partial charge in [0.2, 0.25) is 5.88 Å². The predicted octanol–water partition coefficient (Wildman–Crippen LogP) is 1.64. The van der Waals surface area contributed by atoms with Crippen LogP contribution in [0.2, 0.25) is 0 Å². The summed E-state index contributed by atoms with van der Waals surface area (Å²) in [6.45, 7) is 1.61. The van der Waals surface area contributed by atoms with Crippen molar-refractivity contribution in [2.75, 3.05) is 13.2 Å². The Kier molecular flexibility index (Phi) is 2.77. The van der Waals surface area contributed by atoms with E-state index in [0.717, 1.165) is 31.9 Å². The molecule has 1 aromatic heterocycles. The molecule has 70 valence electrons. The van der Waals surface area contributed by atoms with E-state index >= 15 is 0 Å². The molecule has 0 radical (unpaired) electrons. The number of pyridine rings is 1. The molecular weight excluding hydrogens is 166 g/mol. The highest BCUT2D eigenvalue weighted by Crippen LogP contribution is 2.14. The highest BCUT2D eigenvalue weighted by atomic mass is 16.5. The first-order valence-electron chi connectivity index (χ1n) is 4.60. The summed E-state index contributed by atoms with van der Waals surface area (Å²) >= 11 is 0. The summed E-state index contributed by atoms with van der Waals surface area (Å²) in [5.41, 5.74) is 0. The Hall–Kier alpha value is -1.09. The van der Waals surface area contributed by atoms with Crippen LogP contribution in [0.5, 0.6) is 5.88 Å². The van der Waals surface area contributed by atoms with Gasteiger partial charge in [-0.15, -0.1) is 0 Å². The molecule has 0 saturated carbocycles. The van der Waals surface area contributed by atoms with Crippen LogP contribution >= 0.6 is 0 Å². The monoisotopic (exact) mass is 179 g/mol. The van der Waals surface area contributed by atoms with E-state index in [1.165, 1.54) is 0 Å². The van der Waals surface area contributed by atoms with Gasteiger partial charge in [0, 0.05) is 25.1 Å². The Morgan fingerprint density at radius 2 is 2.15 bits per heavy atom. The molecule has 2 rings (SSSR count). The van der Waals surface area contributed by atoms with Crippen LogP contribution in [0, 0.1) is 0 Å². The Labute approximate surface area is 77.7 Å². The van der Waals surface area contributed by atoms with Gasteiger partial charge in [0.05, 0.1) is 13.2 Å². The Bertz CT molecular complexity index is 244. The zero-order chi connectivity index (χ0) is 8.93. The maximum absolute atomic E-state index is 5.66. The van der Waals surface area contributed by atoms with Crippen molar-refractivity contribution in [2.24, 2.45) is 0 Å². The van der Waals surface area contributed by atoms with Crippen LogP contribution in [0.15, 0.2) is 24.4 Å². The minimum Gasteiger partial charge on any atom is -0.474 e. The quantitative estimate of drug-likeness (QED) is 0.691. The number of hydrogen-bond acceptors (Lipinski definition) is 3. The Morgan fingerprint density at radius 3 is 2.85 bits per heavy atom. The lowest BCUT2D eigenvalue weighted by Gasteiger charge is -2.22. The second kappa shape index (κ2) is 4.23. The van der Waals surface area contributed by atoms with Crippen LogP contribution in [0.4, 0.5) is 0 Å². The third-order valence-corrected chi connectivity index (χ3v) is 2.09. The third-order valence-electron chi connectivity index (χ3n) is 2.09. The van der Waals surface area contributed by atoms with Gasteiger partial charge in [-0.25, -0.2) is 4.98 Å². The molecule has 0 unspecified atom stereocenters. The molecule has 3 nitrogen and oxygen atoms in total. The molecular formula is C10H13NO2. The van der Waals surface area contributed by atoms with Crippen LogP contribution < -0.4 is 4.74 Å². The van der Waals surface area contributed by atoms with Crippen LogP contribution in [-0.2, 0) is 4.74 Å². The molecule has 1 aliphatic rings. The first-order valence-corrected chi connectivity index (χ1v) is 4.60. The van der Waals surface area contributed by atoms with E-state index < -0.39 is 0 Å². The van der Waals surface area contributed by atoms with Crippen molar-refractivity contribution in [1.29, 1.82) is 0 Å². The maximum Gasteiger partial charge on any atom is 0.213 e. The highest BCUT2D eigenvalue weighted by molar-refractivity contribution is 5.09. The van der Waals surface area contributed by atoms with E-state index in [2.05, 4.69) is 4.98 Å². The second-order valence-corrected chi connectivity index (χ2v) is 3.10. The van der Waals surface area contributed by atoms with E-state index in [1.54, 1.807) is 6.20 Å². The van der Waals surface area contributed by atoms with Crippen molar-refractivity contribution in [2.45, 2.75) is 18.9 Å². The molecule has 0 spiro atoms. The number of hydrogen-bond donors (Lipinski definition) is 0. The molecule has 0 aromatic carbocycles. The normalized spacial score (nSPS) is 18.5. The van der Waals surface area contributed by atoms with Crippen LogP contribution in [-0.4, -0.2) is 24.3 Å². The minimum atomic E-state index is 0.281. The lowest BCUT2D eigenvalue weighted by molar-refractivity contribution is 0.0237. The molecule has 1 fully saturated rings. The van der Waals surface area contributed by atoms with E-state index in [-0.39, 0.29) is 6.10 Å². The van der Waals surface area contributed by atoms with Gasteiger partial charge in [-0.05, 0) is 6.07 Å². The van der Waals surface area contributed by atoms with Crippen LogP contribution in [0.1, 0.15) is 12.8 Å². The van der Waals surface area contributed by atoms with Crippen molar-refractivity contribution in [3.63, 3.8) is 0 Å². The van der Waals surface area contributed by atoms with Crippen LogP contribution in [0.25, 0.3) is 0 Å². The average molecular weight is 179 g/mol. The zero-order valence-corrected chi connectivity index (χ0v) is 7.48. The lowest BCUT2D eigenvalue weighted by Crippen LogP contribution is -2.26. The number of nitrogens with zero attached hydrogens (tertiary/aromatic N) is 1. The number of rotatable bonds is 2. The molecule has 1 aromatic rings. The van der Waals surface area contributed by atoms with Gasteiger partial charge in [-0.2, -0.15) is 0 Å². The van der Waals surface area contributed by atoms with Crippen molar-refractivity contribution < 1.29 is 9.47 Å². The van der Waals surface area contributed by atoms with Gasteiger partial charge in [0.15, 0.2) is 0 Å². The third kappa shape index (κ3) is 2.42. The smallest absolute Gasteiger partial charge is 0.213 e. The molecule has 0 N–H and O–H groups in total. The molecule has 1 saturated heterocycles. The molecule has 0 amide bonds. The van der Waals surface area contributed by atoms with E-state index in [1.807, 2.05) is 18.2 Å².